The first kappa shape index (κ1) is 21.7. The summed E-state index contributed by atoms with van der Waals surface area (Å²) in [6, 6.07) is 3.50. The molecule has 0 unspecified atom stereocenters. The number of anilines is 1. The topological polar surface area (TPSA) is 88.8 Å². The van der Waals surface area contributed by atoms with E-state index >= 15 is 0 Å². The molecule has 0 spiro atoms. The molecule has 0 saturated carbocycles. The minimum Gasteiger partial charge on any atom is -0.467 e. The molecule has 1 N–H and O–H groups in total. The average molecular weight is 407 g/mol. The maximum atomic E-state index is 12.6. The molecule has 2 heterocycles. The predicted octanol–water partition coefficient (Wildman–Crippen LogP) is 3.76. The molecule has 8 heteroatoms. The van der Waals surface area contributed by atoms with Crippen LogP contribution < -0.4 is 5.32 Å². The zero-order chi connectivity index (χ0) is 21.1. The molecule has 2 amide bonds. The Hall–Kier alpha value is -2.61. The summed E-state index contributed by atoms with van der Waals surface area (Å²) in [5, 5.41) is 3.25. The second-order valence-corrected chi connectivity index (χ2v) is 8.82. The first-order valence-electron chi connectivity index (χ1n) is 8.85. The van der Waals surface area contributed by atoms with Crippen LogP contribution in [0.2, 0.25) is 0 Å². The summed E-state index contributed by atoms with van der Waals surface area (Å²) in [6.07, 6.45) is 1.53. The van der Waals surface area contributed by atoms with Gasteiger partial charge in [0.15, 0.2) is 6.61 Å². The van der Waals surface area contributed by atoms with Crippen LogP contribution in [0.4, 0.5) is 5.00 Å². The van der Waals surface area contributed by atoms with Crippen molar-refractivity contribution in [3.05, 3.63) is 40.2 Å². The molecule has 2 aromatic heterocycles. The van der Waals surface area contributed by atoms with Gasteiger partial charge in [0.2, 0.25) is 5.91 Å². The fourth-order valence-corrected chi connectivity index (χ4v) is 3.33. The number of aryl methyl sites for hydroxylation is 1. The molecule has 2 aromatic rings. The van der Waals surface area contributed by atoms with Crippen molar-refractivity contribution in [2.45, 2.75) is 41.2 Å². The van der Waals surface area contributed by atoms with E-state index in [9.17, 15) is 14.4 Å². The number of likely N-dealkylation sites (N-methyl/N-ethyl adjacent to an activating group) is 1. The van der Waals surface area contributed by atoms with Crippen molar-refractivity contribution in [1.82, 2.24) is 4.90 Å². The highest BCUT2D eigenvalue weighted by Gasteiger charge is 2.27. The zero-order valence-corrected chi connectivity index (χ0v) is 17.9. The molecule has 7 nitrogen and oxygen atoms in total. The van der Waals surface area contributed by atoms with E-state index in [4.69, 9.17) is 9.15 Å². The summed E-state index contributed by atoms with van der Waals surface area (Å²) >= 11 is 1.32. The highest BCUT2D eigenvalue weighted by atomic mass is 32.1. The number of thiophene rings is 1. The Morgan fingerprint density at radius 3 is 2.50 bits per heavy atom. The van der Waals surface area contributed by atoms with Crippen molar-refractivity contribution in [3.63, 3.8) is 0 Å². The molecule has 0 aliphatic carbocycles. The van der Waals surface area contributed by atoms with Gasteiger partial charge in [-0.25, -0.2) is 4.79 Å². The minimum atomic E-state index is -0.634. The normalized spacial score (nSPS) is 11.2. The van der Waals surface area contributed by atoms with Gasteiger partial charge >= 0.3 is 5.97 Å². The number of carbonyl (C=O) groups is 3. The maximum Gasteiger partial charge on any atom is 0.341 e. The molecule has 0 fully saturated rings. The van der Waals surface area contributed by atoms with Crippen LogP contribution in [0.1, 0.15) is 47.3 Å². The highest BCUT2D eigenvalue weighted by Crippen LogP contribution is 2.34. The molecule has 0 saturated heterocycles. The third-order valence-electron chi connectivity index (χ3n) is 4.22. The average Bonchev–Trinajstić information content (AvgIpc) is 3.20. The Bertz CT molecular complexity index is 862. The van der Waals surface area contributed by atoms with Crippen LogP contribution in [0, 0.1) is 19.3 Å². The smallest absolute Gasteiger partial charge is 0.341 e. The van der Waals surface area contributed by atoms with Crippen molar-refractivity contribution in [1.29, 1.82) is 0 Å². The van der Waals surface area contributed by atoms with Crippen molar-refractivity contribution < 1.29 is 23.5 Å². The van der Waals surface area contributed by atoms with Crippen LogP contribution in [0.5, 0.6) is 0 Å². The lowest BCUT2D eigenvalue weighted by molar-refractivity contribution is -0.134. The van der Waals surface area contributed by atoms with Crippen LogP contribution in [0.3, 0.4) is 0 Å². The Morgan fingerprint density at radius 2 is 1.93 bits per heavy atom. The number of esters is 1. The van der Waals surface area contributed by atoms with Gasteiger partial charge in [-0.3, -0.25) is 9.59 Å². The summed E-state index contributed by atoms with van der Waals surface area (Å²) in [6.45, 7) is 8.93. The van der Waals surface area contributed by atoms with Gasteiger partial charge in [0, 0.05) is 17.3 Å². The molecule has 0 radical (unpaired) electrons. The Kier molecular flexibility index (Phi) is 6.66. The van der Waals surface area contributed by atoms with E-state index in [1.807, 2.05) is 6.92 Å². The number of hydrogen-bond acceptors (Lipinski definition) is 6. The van der Waals surface area contributed by atoms with Gasteiger partial charge in [-0.1, -0.05) is 20.8 Å². The number of ether oxygens (including phenoxy) is 1. The van der Waals surface area contributed by atoms with E-state index < -0.39 is 18.0 Å². The molecule has 0 aliphatic heterocycles. The van der Waals surface area contributed by atoms with Crippen LogP contribution in [-0.2, 0) is 20.9 Å². The molecule has 152 valence electrons. The van der Waals surface area contributed by atoms with Crippen molar-refractivity contribution in [2.24, 2.45) is 5.41 Å². The fraction of sp³-hybridized carbons (Fsp3) is 0.450. The van der Waals surface area contributed by atoms with Gasteiger partial charge < -0.3 is 19.4 Å². The summed E-state index contributed by atoms with van der Waals surface area (Å²) in [5.74, 6) is -0.545. The summed E-state index contributed by atoms with van der Waals surface area (Å²) in [5.41, 5.74) is 0.425. The van der Waals surface area contributed by atoms with Gasteiger partial charge in [-0.15, -0.1) is 11.3 Å². The molecule has 0 aliphatic rings. The lowest BCUT2D eigenvalue weighted by Crippen LogP contribution is -2.31. The van der Waals surface area contributed by atoms with E-state index in [1.165, 1.54) is 22.5 Å². The second kappa shape index (κ2) is 8.60. The van der Waals surface area contributed by atoms with Gasteiger partial charge in [0.25, 0.3) is 5.91 Å². The van der Waals surface area contributed by atoms with E-state index in [-0.39, 0.29) is 18.4 Å². The number of rotatable bonds is 6. The molecule has 2 rings (SSSR count). The Labute approximate surface area is 168 Å². The first-order valence-corrected chi connectivity index (χ1v) is 9.67. The third-order valence-corrected chi connectivity index (χ3v) is 5.35. The molecule has 0 bridgehead atoms. The van der Waals surface area contributed by atoms with Crippen LogP contribution in [0.15, 0.2) is 22.8 Å². The van der Waals surface area contributed by atoms with Gasteiger partial charge in [0.05, 0.1) is 18.4 Å². The van der Waals surface area contributed by atoms with Crippen LogP contribution in [-0.4, -0.2) is 36.3 Å². The van der Waals surface area contributed by atoms with Crippen molar-refractivity contribution in [2.75, 3.05) is 19.0 Å². The first-order chi connectivity index (χ1) is 13.0. The van der Waals surface area contributed by atoms with Crippen LogP contribution in [0.25, 0.3) is 0 Å². The number of hydrogen-bond donors (Lipinski definition) is 1. The predicted molar refractivity (Wildman–Crippen MR) is 107 cm³/mol. The monoisotopic (exact) mass is 406 g/mol. The molecule has 0 atom stereocenters. The number of nitrogens with one attached hydrogen (secondary N) is 1. The van der Waals surface area contributed by atoms with E-state index in [0.717, 1.165) is 10.4 Å². The van der Waals surface area contributed by atoms with Gasteiger partial charge in [-0.2, -0.15) is 0 Å². The number of carbonyl (C=O) groups excluding carboxylic acids is 3. The quantitative estimate of drug-likeness (QED) is 0.738. The number of amides is 2. The molecule has 28 heavy (non-hydrogen) atoms. The fourth-order valence-electron chi connectivity index (χ4n) is 2.29. The lowest BCUT2D eigenvalue weighted by Gasteiger charge is -2.18. The lowest BCUT2D eigenvalue weighted by atomic mass is 9.96. The van der Waals surface area contributed by atoms with Gasteiger partial charge in [-0.05, 0) is 31.5 Å². The molecular formula is C20H26N2O5S. The maximum absolute atomic E-state index is 12.6. The van der Waals surface area contributed by atoms with Crippen molar-refractivity contribution in [3.8, 4) is 0 Å². The third kappa shape index (κ3) is 5.22. The second-order valence-electron chi connectivity index (χ2n) is 7.60. The number of nitrogens with zero attached hydrogens (tertiary/aromatic N) is 1. The highest BCUT2D eigenvalue weighted by molar-refractivity contribution is 7.16. The van der Waals surface area contributed by atoms with Crippen molar-refractivity contribution >= 4 is 34.1 Å². The zero-order valence-electron chi connectivity index (χ0n) is 17.0. The van der Waals surface area contributed by atoms with E-state index in [2.05, 4.69) is 5.32 Å². The van der Waals surface area contributed by atoms with E-state index in [0.29, 0.717) is 16.3 Å². The van der Waals surface area contributed by atoms with Gasteiger partial charge in [0.1, 0.15) is 10.8 Å². The van der Waals surface area contributed by atoms with Crippen LogP contribution >= 0.6 is 11.3 Å². The Morgan fingerprint density at radius 1 is 1.25 bits per heavy atom. The molecule has 0 aromatic carbocycles. The van der Waals surface area contributed by atoms with E-state index in [1.54, 1.807) is 46.9 Å². The SMILES string of the molecule is Cc1sc(NC(=O)C(C)(C)C)c(C(=O)OCC(=O)N(C)Cc2ccco2)c1C. The minimum absolute atomic E-state index is 0.197. The number of furan rings is 1. The largest absolute Gasteiger partial charge is 0.467 e. The molecular weight excluding hydrogens is 380 g/mol. The standard InChI is InChI=1S/C20H26N2O5S/c1-12-13(2)28-17(21-19(25)20(3,4)5)16(12)18(24)27-11-15(23)22(6)10-14-8-7-9-26-14/h7-9H,10-11H2,1-6H3,(H,21,25). The summed E-state index contributed by atoms with van der Waals surface area (Å²) in [7, 11) is 1.60. The summed E-state index contributed by atoms with van der Waals surface area (Å²) < 4.78 is 10.4. The Balaban J connectivity index is 2.05. The summed E-state index contributed by atoms with van der Waals surface area (Å²) in [4.78, 5) is 39.5.